The SMILES string of the molecule is CCCOCc1ccccc1CN=C(NCC)NCc1nnc2ccccn12.I. The first-order valence-electron chi connectivity index (χ1n) is 9.77. The maximum absolute atomic E-state index is 5.70. The molecule has 2 N–H and O–H groups in total. The maximum Gasteiger partial charge on any atom is 0.191 e. The highest BCUT2D eigenvalue weighted by molar-refractivity contribution is 14.0. The van der Waals surface area contributed by atoms with Crippen molar-refractivity contribution in [3.63, 3.8) is 0 Å². The van der Waals surface area contributed by atoms with Gasteiger partial charge in [-0.25, -0.2) is 4.99 Å². The Hall–Kier alpha value is -2.20. The zero-order valence-corrected chi connectivity index (χ0v) is 19.3. The Morgan fingerprint density at radius 1 is 1.03 bits per heavy atom. The van der Waals surface area contributed by atoms with Gasteiger partial charge in [0.25, 0.3) is 0 Å². The summed E-state index contributed by atoms with van der Waals surface area (Å²) in [5, 5.41) is 15.1. The van der Waals surface area contributed by atoms with E-state index in [-0.39, 0.29) is 24.0 Å². The molecule has 0 saturated heterocycles. The molecule has 3 aromatic rings. The van der Waals surface area contributed by atoms with Gasteiger partial charge in [0.15, 0.2) is 17.4 Å². The predicted molar refractivity (Wildman–Crippen MR) is 126 cm³/mol. The third kappa shape index (κ3) is 6.67. The van der Waals surface area contributed by atoms with E-state index in [1.54, 1.807) is 0 Å². The van der Waals surface area contributed by atoms with Crippen LogP contribution in [-0.4, -0.2) is 33.7 Å². The van der Waals surface area contributed by atoms with Crippen LogP contribution < -0.4 is 10.6 Å². The molecule has 8 heteroatoms. The second kappa shape index (κ2) is 12.4. The maximum atomic E-state index is 5.70. The minimum Gasteiger partial charge on any atom is -0.377 e. The lowest BCUT2D eigenvalue weighted by atomic mass is 10.1. The van der Waals surface area contributed by atoms with Gasteiger partial charge in [0, 0.05) is 19.3 Å². The van der Waals surface area contributed by atoms with Crippen LogP contribution in [0.15, 0.2) is 53.7 Å². The van der Waals surface area contributed by atoms with Crippen LogP contribution in [0, 0.1) is 0 Å². The van der Waals surface area contributed by atoms with E-state index in [0.717, 1.165) is 37.0 Å². The van der Waals surface area contributed by atoms with Gasteiger partial charge >= 0.3 is 0 Å². The molecule has 0 bridgehead atoms. The molecule has 0 aliphatic rings. The quantitative estimate of drug-likeness (QED) is 0.200. The number of nitrogens with one attached hydrogen (secondary N) is 2. The Balaban J connectivity index is 0.00000300. The number of aliphatic imine (C=N–C) groups is 1. The van der Waals surface area contributed by atoms with E-state index in [9.17, 15) is 0 Å². The summed E-state index contributed by atoms with van der Waals surface area (Å²) in [5.41, 5.74) is 3.19. The third-order valence-corrected chi connectivity index (χ3v) is 4.27. The number of hydrogen-bond donors (Lipinski definition) is 2. The van der Waals surface area contributed by atoms with Crippen LogP contribution in [0.25, 0.3) is 5.65 Å². The summed E-state index contributed by atoms with van der Waals surface area (Å²) in [6, 6.07) is 14.1. The van der Waals surface area contributed by atoms with Gasteiger partial charge in [0.05, 0.1) is 19.7 Å². The first-order chi connectivity index (χ1) is 13.8. The van der Waals surface area contributed by atoms with E-state index < -0.39 is 0 Å². The Morgan fingerprint density at radius 2 is 1.83 bits per heavy atom. The van der Waals surface area contributed by atoms with Gasteiger partial charge in [-0.3, -0.25) is 4.40 Å². The predicted octanol–water partition coefficient (Wildman–Crippen LogP) is 3.53. The lowest BCUT2D eigenvalue weighted by molar-refractivity contribution is 0.121. The van der Waals surface area contributed by atoms with Crippen molar-refractivity contribution in [2.45, 2.75) is 40.0 Å². The number of hydrogen-bond acceptors (Lipinski definition) is 4. The number of pyridine rings is 1. The first kappa shape index (κ1) is 23.1. The first-order valence-corrected chi connectivity index (χ1v) is 9.77. The summed E-state index contributed by atoms with van der Waals surface area (Å²) >= 11 is 0. The Labute approximate surface area is 189 Å². The normalized spacial score (nSPS) is 11.3. The molecule has 1 aromatic carbocycles. The molecule has 0 aliphatic carbocycles. The van der Waals surface area contributed by atoms with E-state index in [2.05, 4.69) is 46.8 Å². The summed E-state index contributed by atoms with van der Waals surface area (Å²) in [4.78, 5) is 4.73. The second-order valence-electron chi connectivity index (χ2n) is 6.42. The number of aromatic nitrogens is 3. The van der Waals surface area contributed by atoms with Crippen LogP contribution in [0.2, 0.25) is 0 Å². The highest BCUT2D eigenvalue weighted by Gasteiger charge is 2.06. The van der Waals surface area contributed by atoms with Crippen molar-refractivity contribution in [3.05, 3.63) is 65.6 Å². The summed E-state index contributed by atoms with van der Waals surface area (Å²) in [6.07, 6.45) is 2.98. The minimum absolute atomic E-state index is 0. The van der Waals surface area contributed by atoms with Crippen molar-refractivity contribution in [2.24, 2.45) is 4.99 Å². The average molecular weight is 508 g/mol. The average Bonchev–Trinajstić information content (AvgIpc) is 3.14. The summed E-state index contributed by atoms with van der Waals surface area (Å²) in [6.45, 7) is 7.47. The van der Waals surface area contributed by atoms with Gasteiger partial charge in [0.1, 0.15) is 0 Å². The van der Waals surface area contributed by atoms with Crippen LogP contribution in [0.5, 0.6) is 0 Å². The molecule has 2 aromatic heterocycles. The number of guanidine groups is 1. The number of fused-ring (bicyclic) bond motifs is 1. The molecule has 3 rings (SSSR count). The number of rotatable bonds is 9. The third-order valence-electron chi connectivity index (χ3n) is 4.27. The zero-order valence-electron chi connectivity index (χ0n) is 17.0. The number of ether oxygens (including phenoxy) is 1. The van der Waals surface area contributed by atoms with Crippen molar-refractivity contribution >= 4 is 35.6 Å². The molecular formula is C21H29IN6O. The van der Waals surface area contributed by atoms with E-state index in [0.29, 0.717) is 19.7 Å². The van der Waals surface area contributed by atoms with Crippen LogP contribution in [-0.2, 0) is 24.4 Å². The van der Waals surface area contributed by atoms with Gasteiger partial charge in [-0.15, -0.1) is 34.2 Å². The Kier molecular flexibility index (Phi) is 9.85. The summed E-state index contributed by atoms with van der Waals surface area (Å²) in [5.74, 6) is 1.59. The lowest BCUT2D eigenvalue weighted by Crippen LogP contribution is -2.37. The van der Waals surface area contributed by atoms with Crippen LogP contribution in [0.1, 0.15) is 37.2 Å². The van der Waals surface area contributed by atoms with E-state index in [1.807, 2.05) is 40.9 Å². The van der Waals surface area contributed by atoms with E-state index in [4.69, 9.17) is 9.73 Å². The molecule has 2 heterocycles. The number of nitrogens with zero attached hydrogens (tertiary/aromatic N) is 4. The zero-order chi connectivity index (χ0) is 19.6. The highest BCUT2D eigenvalue weighted by atomic mass is 127. The fourth-order valence-electron chi connectivity index (χ4n) is 2.86. The van der Waals surface area contributed by atoms with Crippen molar-refractivity contribution in [3.8, 4) is 0 Å². The Morgan fingerprint density at radius 3 is 2.62 bits per heavy atom. The standard InChI is InChI=1S/C21H28N6O.HI/c1-3-13-28-16-18-10-6-5-9-17(18)14-23-21(22-4-2)24-15-20-26-25-19-11-7-8-12-27(19)20;/h5-12H,3-4,13-16H2,1-2H3,(H2,22,23,24);1H. The molecule has 0 unspecified atom stereocenters. The van der Waals surface area contributed by atoms with Crippen LogP contribution in [0.3, 0.4) is 0 Å². The molecule has 0 aliphatic heterocycles. The topological polar surface area (TPSA) is 75.8 Å². The van der Waals surface area contributed by atoms with Gasteiger partial charge in [-0.2, -0.15) is 0 Å². The van der Waals surface area contributed by atoms with E-state index >= 15 is 0 Å². The molecule has 0 radical (unpaired) electrons. The van der Waals surface area contributed by atoms with Gasteiger partial charge in [0.2, 0.25) is 0 Å². The van der Waals surface area contributed by atoms with Crippen molar-refractivity contribution in [2.75, 3.05) is 13.2 Å². The molecular weight excluding hydrogens is 479 g/mol. The van der Waals surface area contributed by atoms with Crippen molar-refractivity contribution in [1.82, 2.24) is 25.2 Å². The molecule has 7 nitrogen and oxygen atoms in total. The van der Waals surface area contributed by atoms with Crippen LogP contribution in [0.4, 0.5) is 0 Å². The van der Waals surface area contributed by atoms with Gasteiger partial charge in [-0.1, -0.05) is 37.3 Å². The number of halogens is 1. The molecule has 29 heavy (non-hydrogen) atoms. The molecule has 0 spiro atoms. The van der Waals surface area contributed by atoms with Crippen molar-refractivity contribution in [1.29, 1.82) is 0 Å². The minimum atomic E-state index is 0. The summed E-state index contributed by atoms with van der Waals surface area (Å²) in [7, 11) is 0. The Bertz CT molecular complexity index is 911. The molecule has 0 atom stereocenters. The molecule has 156 valence electrons. The smallest absolute Gasteiger partial charge is 0.191 e. The highest BCUT2D eigenvalue weighted by Crippen LogP contribution is 2.12. The fraction of sp³-hybridized carbons (Fsp3) is 0.381. The second-order valence-corrected chi connectivity index (χ2v) is 6.42. The van der Waals surface area contributed by atoms with E-state index in [1.165, 1.54) is 11.1 Å². The van der Waals surface area contributed by atoms with Crippen molar-refractivity contribution < 1.29 is 4.74 Å². The molecule has 0 amide bonds. The molecule has 0 fully saturated rings. The van der Waals surface area contributed by atoms with Gasteiger partial charge in [-0.05, 0) is 36.6 Å². The van der Waals surface area contributed by atoms with Crippen LogP contribution >= 0.6 is 24.0 Å². The number of benzene rings is 1. The molecule has 0 saturated carbocycles. The lowest BCUT2D eigenvalue weighted by Gasteiger charge is -2.12. The monoisotopic (exact) mass is 508 g/mol. The van der Waals surface area contributed by atoms with Gasteiger partial charge < -0.3 is 15.4 Å². The summed E-state index contributed by atoms with van der Waals surface area (Å²) < 4.78 is 7.67. The fourth-order valence-corrected chi connectivity index (χ4v) is 2.86. The largest absolute Gasteiger partial charge is 0.377 e.